The molecule has 0 aliphatic rings. The van der Waals surface area contributed by atoms with Gasteiger partial charge in [0.2, 0.25) is 0 Å². The predicted molar refractivity (Wildman–Crippen MR) is 93.5 cm³/mol. The van der Waals surface area contributed by atoms with Crippen LogP contribution in [0.15, 0.2) is 54.6 Å². The molecule has 124 valence electrons. The molecule has 0 spiro atoms. The number of para-hydroxylation sites is 2. The number of aromatic nitrogens is 2. The zero-order chi connectivity index (χ0) is 16.9. The molecule has 0 fully saturated rings. The standard InChI is InChI=1S/C19H21N3O2/c1-14-21-16-10-5-6-11-17(16)22(14)13-7-12-20-19(24)18(23)15-8-3-2-4-9-15/h2-6,8-11,18,23H,7,12-13H2,1H3,(H,20,24). The Morgan fingerprint density at radius 2 is 1.88 bits per heavy atom. The molecule has 5 heteroatoms. The minimum absolute atomic E-state index is 0.367. The van der Waals surface area contributed by atoms with Crippen LogP contribution in [-0.4, -0.2) is 27.1 Å². The molecule has 1 heterocycles. The van der Waals surface area contributed by atoms with Crippen molar-refractivity contribution in [3.8, 4) is 0 Å². The lowest BCUT2D eigenvalue weighted by atomic mass is 10.1. The summed E-state index contributed by atoms with van der Waals surface area (Å²) in [6, 6.07) is 17.0. The van der Waals surface area contributed by atoms with Gasteiger partial charge in [-0.1, -0.05) is 42.5 Å². The fourth-order valence-electron chi connectivity index (χ4n) is 2.81. The minimum Gasteiger partial charge on any atom is -0.378 e. The number of nitrogens with one attached hydrogen (secondary N) is 1. The van der Waals surface area contributed by atoms with Crippen LogP contribution in [0.3, 0.4) is 0 Å². The normalized spacial score (nSPS) is 12.2. The molecule has 3 rings (SSSR count). The van der Waals surface area contributed by atoms with Gasteiger partial charge in [0, 0.05) is 13.1 Å². The van der Waals surface area contributed by atoms with E-state index in [4.69, 9.17) is 0 Å². The molecule has 24 heavy (non-hydrogen) atoms. The van der Waals surface area contributed by atoms with Crippen molar-refractivity contribution in [3.63, 3.8) is 0 Å². The molecule has 3 aromatic rings. The zero-order valence-electron chi connectivity index (χ0n) is 13.6. The van der Waals surface area contributed by atoms with Gasteiger partial charge in [0.15, 0.2) is 6.10 Å². The fourth-order valence-corrected chi connectivity index (χ4v) is 2.81. The molecule has 5 nitrogen and oxygen atoms in total. The van der Waals surface area contributed by atoms with Gasteiger partial charge in [-0.05, 0) is 31.0 Å². The molecular formula is C19H21N3O2. The van der Waals surface area contributed by atoms with E-state index in [0.717, 1.165) is 29.8 Å². The van der Waals surface area contributed by atoms with Crippen molar-refractivity contribution in [3.05, 3.63) is 66.0 Å². The van der Waals surface area contributed by atoms with Crippen LogP contribution in [0.1, 0.15) is 23.9 Å². The Balaban J connectivity index is 1.53. The van der Waals surface area contributed by atoms with Crippen LogP contribution in [0.4, 0.5) is 0 Å². The number of aliphatic hydroxyl groups is 1. The first-order valence-corrected chi connectivity index (χ1v) is 8.09. The third-order valence-corrected chi connectivity index (χ3v) is 4.07. The van der Waals surface area contributed by atoms with Gasteiger partial charge in [-0.15, -0.1) is 0 Å². The van der Waals surface area contributed by atoms with E-state index in [-0.39, 0.29) is 5.91 Å². The van der Waals surface area contributed by atoms with Crippen LogP contribution in [0.25, 0.3) is 11.0 Å². The number of amides is 1. The van der Waals surface area contributed by atoms with Gasteiger partial charge >= 0.3 is 0 Å². The number of aryl methyl sites for hydroxylation is 2. The van der Waals surface area contributed by atoms with Crippen molar-refractivity contribution < 1.29 is 9.90 Å². The van der Waals surface area contributed by atoms with Crippen LogP contribution in [0.5, 0.6) is 0 Å². The highest BCUT2D eigenvalue weighted by Gasteiger charge is 2.16. The first-order chi connectivity index (χ1) is 11.7. The monoisotopic (exact) mass is 323 g/mol. The third kappa shape index (κ3) is 3.46. The summed E-state index contributed by atoms with van der Waals surface area (Å²) in [5.41, 5.74) is 2.69. The summed E-state index contributed by atoms with van der Waals surface area (Å²) >= 11 is 0. The molecule has 1 unspecified atom stereocenters. The van der Waals surface area contributed by atoms with E-state index < -0.39 is 6.10 Å². The first kappa shape index (κ1) is 16.2. The SMILES string of the molecule is Cc1nc2ccccc2n1CCCNC(=O)C(O)c1ccccc1. The van der Waals surface area contributed by atoms with Crippen LogP contribution in [0.2, 0.25) is 0 Å². The zero-order valence-corrected chi connectivity index (χ0v) is 13.6. The molecule has 1 aromatic heterocycles. The predicted octanol–water partition coefficient (Wildman–Crippen LogP) is 2.58. The van der Waals surface area contributed by atoms with Gasteiger partial charge < -0.3 is 15.0 Å². The molecule has 0 saturated carbocycles. The molecule has 0 radical (unpaired) electrons. The van der Waals surface area contributed by atoms with Crippen molar-refractivity contribution in [2.24, 2.45) is 0 Å². The quantitative estimate of drug-likeness (QED) is 0.685. The van der Waals surface area contributed by atoms with Crippen LogP contribution in [-0.2, 0) is 11.3 Å². The van der Waals surface area contributed by atoms with Crippen molar-refractivity contribution >= 4 is 16.9 Å². The number of nitrogens with zero attached hydrogens (tertiary/aromatic N) is 2. The highest BCUT2D eigenvalue weighted by atomic mass is 16.3. The third-order valence-electron chi connectivity index (χ3n) is 4.07. The number of benzene rings is 2. The van der Waals surface area contributed by atoms with E-state index in [1.165, 1.54) is 0 Å². The average Bonchev–Trinajstić information content (AvgIpc) is 2.94. The maximum absolute atomic E-state index is 12.0. The molecule has 1 amide bonds. The molecule has 0 saturated heterocycles. The van der Waals surface area contributed by atoms with Gasteiger partial charge in [-0.3, -0.25) is 4.79 Å². The Morgan fingerprint density at radius 1 is 1.17 bits per heavy atom. The topological polar surface area (TPSA) is 67.2 Å². The second-order valence-corrected chi connectivity index (χ2v) is 5.76. The number of carbonyl (C=O) groups is 1. The average molecular weight is 323 g/mol. The van der Waals surface area contributed by atoms with Crippen molar-refractivity contribution in [2.75, 3.05) is 6.54 Å². The number of hydrogen-bond donors (Lipinski definition) is 2. The Morgan fingerprint density at radius 3 is 2.67 bits per heavy atom. The minimum atomic E-state index is -1.12. The summed E-state index contributed by atoms with van der Waals surface area (Å²) in [6.45, 7) is 3.26. The second kappa shape index (κ2) is 7.27. The van der Waals surface area contributed by atoms with Crippen molar-refractivity contribution in [1.29, 1.82) is 0 Å². The van der Waals surface area contributed by atoms with Crippen LogP contribution >= 0.6 is 0 Å². The van der Waals surface area contributed by atoms with Crippen molar-refractivity contribution in [2.45, 2.75) is 26.0 Å². The smallest absolute Gasteiger partial charge is 0.253 e. The lowest BCUT2D eigenvalue weighted by Gasteiger charge is -2.12. The lowest BCUT2D eigenvalue weighted by Crippen LogP contribution is -2.30. The molecule has 2 N–H and O–H groups in total. The number of hydrogen-bond acceptors (Lipinski definition) is 3. The number of fused-ring (bicyclic) bond motifs is 1. The van der Waals surface area contributed by atoms with Gasteiger partial charge in [-0.25, -0.2) is 4.98 Å². The lowest BCUT2D eigenvalue weighted by molar-refractivity contribution is -0.129. The van der Waals surface area contributed by atoms with Gasteiger partial charge in [0.05, 0.1) is 11.0 Å². The molecule has 1 atom stereocenters. The maximum Gasteiger partial charge on any atom is 0.253 e. The molecule has 2 aromatic carbocycles. The van der Waals surface area contributed by atoms with E-state index in [9.17, 15) is 9.90 Å². The number of imidazole rings is 1. The van der Waals surface area contributed by atoms with E-state index in [1.807, 2.05) is 37.3 Å². The summed E-state index contributed by atoms with van der Waals surface area (Å²) < 4.78 is 2.15. The first-order valence-electron chi connectivity index (χ1n) is 8.09. The maximum atomic E-state index is 12.0. The summed E-state index contributed by atoms with van der Waals surface area (Å²) in [5.74, 6) is 0.597. The van der Waals surface area contributed by atoms with E-state index in [1.54, 1.807) is 24.3 Å². The highest BCUT2D eigenvalue weighted by Crippen LogP contribution is 2.16. The van der Waals surface area contributed by atoms with E-state index >= 15 is 0 Å². The summed E-state index contributed by atoms with van der Waals surface area (Å²) in [5, 5.41) is 12.8. The van der Waals surface area contributed by atoms with Crippen molar-refractivity contribution in [1.82, 2.24) is 14.9 Å². The number of aliphatic hydroxyl groups excluding tert-OH is 1. The number of carbonyl (C=O) groups excluding carboxylic acids is 1. The Hall–Kier alpha value is -2.66. The van der Waals surface area contributed by atoms with Gasteiger partial charge in [0.1, 0.15) is 5.82 Å². The number of rotatable bonds is 6. The van der Waals surface area contributed by atoms with E-state index in [0.29, 0.717) is 12.1 Å². The largest absolute Gasteiger partial charge is 0.378 e. The van der Waals surface area contributed by atoms with Crippen LogP contribution in [0, 0.1) is 6.92 Å². The molecular weight excluding hydrogens is 302 g/mol. The Labute approximate surface area is 141 Å². The summed E-state index contributed by atoms with van der Waals surface area (Å²) in [6.07, 6.45) is -0.351. The van der Waals surface area contributed by atoms with Gasteiger partial charge in [-0.2, -0.15) is 0 Å². The second-order valence-electron chi connectivity index (χ2n) is 5.76. The van der Waals surface area contributed by atoms with Crippen LogP contribution < -0.4 is 5.32 Å². The molecule has 0 aliphatic heterocycles. The Kier molecular flexibility index (Phi) is 4.91. The summed E-state index contributed by atoms with van der Waals surface area (Å²) in [4.78, 5) is 16.5. The Bertz CT molecular complexity index is 827. The molecule has 0 aliphatic carbocycles. The fraction of sp³-hybridized carbons (Fsp3) is 0.263. The van der Waals surface area contributed by atoms with Gasteiger partial charge in [0.25, 0.3) is 5.91 Å². The summed E-state index contributed by atoms with van der Waals surface area (Å²) in [7, 11) is 0. The van der Waals surface area contributed by atoms with E-state index in [2.05, 4.69) is 14.9 Å². The highest BCUT2D eigenvalue weighted by molar-refractivity contribution is 5.81. The molecule has 0 bridgehead atoms.